The van der Waals surface area contributed by atoms with Crippen molar-refractivity contribution in [1.82, 2.24) is 25.1 Å². The summed E-state index contributed by atoms with van der Waals surface area (Å²) in [4.78, 5) is 12.9. The van der Waals surface area contributed by atoms with Crippen molar-refractivity contribution in [2.24, 2.45) is 0 Å². The van der Waals surface area contributed by atoms with E-state index in [2.05, 4.69) is 35.8 Å². The summed E-state index contributed by atoms with van der Waals surface area (Å²) >= 11 is 0. The van der Waals surface area contributed by atoms with Crippen molar-refractivity contribution in [1.29, 1.82) is 0 Å². The van der Waals surface area contributed by atoms with Gasteiger partial charge in [-0.2, -0.15) is 15.0 Å². The first-order chi connectivity index (χ1) is 15.0. The van der Waals surface area contributed by atoms with E-state index in [4.69, 9.17) is 14.2 Å². The molecule has 0 atom stereocenters. The average molecular weight is 425 g/mol. The monoisotopic (exact) mass is 425 g/mol. The van der Waals surface area contributed by atoms with Crippen molar-refractivity contribution in [2.75, 3.05) is 23.8 Å². The minimum atomic E-state index is 0.112. The minimum absolute atomic E-state index is 0.112. The zero-order valence-electron chi connectivity index (χ0n) is 18.1. The molecule has 0 amide bonds. The van der Waals surface area contributed by atoms with Gasteiger partial charge in [-0.25, -0.2) is 0 Å². The molecular weight excluding hydrogens is 398 g/mol. The maximum absolute atomic E-state index is 5.67. The molecule has 31 heavy (non-hydrogen) atoms. The molecule has 0 fully saturated rings. The predicted octanol–water partition coefficient (Wildman–Crippen LogP) is 3.55. The van der Waals surface area contributed by atoms with Crippen molar-refractivity contribution in [3.63, 3.8) is 0 Å². The molecular formula is C21H27N7O3. The lowest BCUT2D eigenvalue weighted by Gasteiger charge is -2.13. The molecule has 0 saturated heterocycles. The first-order valence-corrected chi connectivity index (χ1v) is 10.1. The molecule has 2 N–H and O–H groups in total. The highest BCUT2D eigenvalue weighted by Gasteiger charge is 2.11. The summed E-state index contributed by atoms with van der Waals surface area (Å²) in [6.45, 7) is 8.71. The van der Waals surface area contributed by atoms with Crippen molar-refractivity contribution in [3.05, 3.63) is 42.5 Å². The van der Waals surface area contributed by atoms with Gasteiger partial charge in [-0.1, -0.05) is 18.2 Å². The van der Waals surface area contributed by atoms with Crippen LogP contribution in [0.2, 0.25) is 0 Å². The highest BCUT2D eigenvalue weighted by Crippen LogP contribution is 2.19. The molecule has 0 aliphatic rings. The summed E-state index contributed by atoms with van der Waals surface area (Å²) in [5, 5.41) is 14.3. The van der Waals surface area contributed by atoms with Crippen molar-refractivity contribution in [2.45, 2.75) is 39.8 Å². The number of hydrogen-bond donors (Lipinski definition) is 2. The summed E-state index contributed by atoms with van der Waals surface area (Å²) in [5.74, 6) is 2.22. The highest BCUT2D eigenvalue weighted by molar-refractivity contribution is 5.37. The number of ether oxygens (including phenoxy) is 3. The van der Waals surface area contributed by atoms with Crippen LogP contribution < -0.4 is 24.8 Å². The molecule has 10 heteroatoms. The SMILES string of the molecule is CC(C)Nc1nc(NC(C)C)nc(Oc2ccc(OCCOc3ccccc3)nn2)n1. The molecule has 0 aliphatic heterocycles. The van der Waals surface area contributed by atoms with E-state index >= 15 is 0 Å². The highest BCUT2D eigenvalue weighted by atomic mass is 16.5. The molecule has 1 aromatic carbocycles. The van der Waals surface area contributed by atoms with Gasteiger partial charge in [0.05, 0.1) is 0 Å². The van der Waals surface area contributed by atoms with Crippen LogP contribution in [0.1, 0.15) is 27.7 Å². The fraction of sp³-hybridized carbons (Fsp3) is 0.381. The molecule has 0 radical (unpaired) electrons. The van der Waals surface area contributed by atoms with E-state index in [9.17, 15) is 0 Å². The first-order valence-electron chi connectivity index (χ1n) is 10.1. The summed E-state index contributed by atoms with van der Waals surface area (Å²) in [6.07, 6.45) is 0. The van der Waals surface area contributed by atoms with E-state index in [1.807, 2.05) is 58.0 Å². The van der Waals surface area contributed by atoms with E-state index in [0.29, 0.717) is 31.0 Å². The second-order valence-corrected chi connectivity index (χ2v) is 7.19. The number of nitrogens with one attached hydrogen (secondary N) is 2. The van der Waals surface area contributed by atoms with Crippen LogP contribution in [-0.2, 0) is 0 Å². The molecule has 2 heterocycles. The molecule has 0 aliphatic carbocycles. The molecule has 3 aromatic rings. The number of benzene rings is 1. The molecule has 0 spiro atoms. The standard InChI is InChI=1S/C21H27N7O3/c1-14(2)22-19-24-20(23-15(3)4)26-21(25-19)31-18-11-10-17(27-28-18)30-13-12-29-16-8-6-5-7-9-16/h5-11,14-15H,12-13H2,1-4H3,(H2,22,23,24,25,26). The summed E-state index contributed by atoms with van der Waals surface area (Å²) in [5.41, 5.74) is 0. The molecule has 10 nitrogen and oxygen atoms in total. The Kier molecular flexibility index (Phi) is 7.74. The zero-order valence-corrected chi connectivity index (χ0v) is 18.1. The lowest BCUT2D eigenvalue weighted by atomic mass is 10.3. The van der Waals surface area contributed by atoms with Gasteiger partial charge in [-0.05, 0) is 39.8 Å². The number of hydrogen-bond acceptors (Lipinski definition) is 10. The quantitative estimate of drug-likeness (QED) is 0.442. The molecule has 3 rings (SSSR count). The molecule has 164 valence electrons. The maximum atomic E-state index is 5.67. The van der Waals surface area contributed by atoms with E-state index in [1.165, 1.54) is 0 Å². The Hall–Kier alpha value is -3.69. The van der Waals surface area contributed by atoms with Gasteiger partial charge in [0.15, 0.2) is 0 Å². The number of aromatic nitrogens is 5. The lowest BCUT2D eigenvalue weighted by Crippen LogP contribution is -2.17. The molecule has 2 aromatic heterocycles. The Bertz CT molecular complexity index is 909. The van der Waals surface area contributed by atoms with Gasteiger partial charge in [-0.15, -0.1) is 10.2 Å². The van der Waals surface area contributed by atoms with Crippen LogP contribution in [-0.4, -0.2) is 50.4 Å². The summed E-state index contributed by atoms with van der Waals surface area (Å²) in [6, 6.07) is 13.3. The second-order valence-electron chi connectivity index (χ2n) is 7.19. The van der Waals surface area contributed by atoms with Crippen LogP contribution in [0.25, 0.3) is 0 Å². The van der Waals surface area contributed by atoms with Gasteiger partial charge in [-0.3, -0.25) is 0 Å². The third kappa shape index (κ3) is 7.57. The lowest BCUT2D eigenvalue weighted by molar-refractivity contribution is 0.210. The average Bonchev–Trinajstić information content (AvgIpc) is 2.72. The van der Waals surface area contributed by atoms with E-state index in [-0.39, 0.29) is 24.0 Å². The van der Waals surface area contributed by atoms with Crippen molar-refractivity contribution >= 4 is 11.9 Å². The predicted molar refractivity (Wildman–Crippen MR) is 117 cm³/mol. The number of nitrogens with zero attached hydrogens (tertiary/aromatic N) is 5. The van der Waals surface area contributed by atoms with E-state index < -0.39 is 0 Å². The van der Waals surface area contributed by atoms with Crippen molar-refractivity contribution in [3.8, 4) is 23.5 Å². The van der Waals surface area contributed by atoms with Gasteiger partial charge in [0, 0.05) is 24.2 Å². The van der Waals surface area contributed by atoms with E-state index in [1.54, 1.807) is 12.1 Å². The molecule has 0 bridgehead atoms. The van der Waals surface area contributed by atoms with Crippen LogP contribution >= 0.6 is 0 Å². The van der Waals surface area contributed by atoms with E-state index in [0.717, 1.165) is 5.75 Å². The van der Waals surface area contributed by atoms with Crippen LogP contribution in [0.5, 0.6) is 23.5 Å². The van der Waals surface area contributed by atoms with Crippen LogP contribution in [0.15, 0.2) is 42.5 Å². The van der Waals surface area contributed by atoms with Gasteiger partial charge in [0.2, 0.25) is 23.7 Å². The first kappa shape index (κ1) is 22.0. The Balaban J connectivity index is 1.57. The third-order valence-corrected chi connectivity index (χ3v) is 3.61. The fourth-order valence-electron chi connectivity index (χ4n) is 2.40. The largest absolute Gasteiger partial charge is 0.490 e. The van der Waals surface area contributed by atoms with Crippen LogP contribution in [0, 0.1) is 0 Å². The van der Waals surface area contributed by atoms with Gasteiger partial charge < -0.3 is 24.8 Å². The number of para-hydroxylation sites is 1. The maximum Gasteiger partial charge on any atom is 0.330 e. The van der Waals surface area contributed by atoms with Gasteiger partial charge in [0.1, 0.15) is 19.0 Å². The second kappa shape index (κ2) is 10.9. The van der Waals surface area contributed by atoms with Gasteiger partial charge >= 0.3 is 6.01 Å². The molecule has 0 saturated carbocycles. The van der Waals surface area contributed by atoms with Gasteiger partial charge in [0.25, 0.3) is 0 Å². The smallest absolute Gasteiger partial charge is 0.330 e. The normalized spacial score (nSPS) is 10.8. The van der Waals surface area contributed by atoms with Crippen LogP contribution in [0.4, 0.5) is 11.9 Å². The molecule has 0 unspecified atom stereocenters. The Labute approximate surface area is 181 Å². The Morgan fingerprint density at radius 3 is 1.87 bits per heavy atom. The fourth-order valence-corrected chi connectivity index (χ4v) is 2.40. The zero-order chi connectivity index (χ0) is 22.1. The third-order valence-electron chi connectivity index (χ3n) is 3.61. The van der Waals surface area contributed by atoms with Crippen molar-refractivity contribution < 1.29 is 14.2 Å². The Morgan fingerprint density at radius 1 is 0.710 bits per heavy atom. The van der Waals surface area contributed by atoms with Crippen LogP contribution in [0.3, 0.4) is 0 Å². The number of anilines is 2. The topological polar surface area (TPSA) is 116 Å². The minimum Gasteiger partial charge on any atom is -0.490 e. The summed E-state index contributed by atoms with van der Waals surface area (Å²) < 4.78 is 16.8. The Morgan fingerprint density at radius 2 is 1.29 bits per heavy atom. The number of rotatable bonds is 11. The summed E-state index contributed by atoms with van der Waals surface area (Å²) in [7, 11) is 0.